The Hall–Kier alpha value is -0.520. The van der Waals surface area contributed by atoms with Crippen molar-refractivity contribution in [2.45, 2.75) is 32.2 Å². The average molecular weight is 169 g/mol. The minimum absolute atomic E-state index is 0.468. The van der Waals surface area contributed by atoms with Crippen molar-refractivity contribution >= 4 is 0 Å². The van der Waals surface area contributed by atoms with E-state index in [2.05, 4.69) is 18.2 Å². The third-order valence-corrected chi connectivity index (χ3v) is 1.76. The van der Waals surface area contributed by atoms with Crippen LogP contribution >= 0.6 is 0 Å². The summed E-state index contributed by atoms with van der Waals surface area (Å²) < 4.78 is 4.97. The lowest BCUT2D eigenvalue weighted by atomic mass is 10.1. The normalized spacial score (nSPS) is 12.4. The van der Waals surface area contributed by atoms with Gasteiger partial charge in [0.15, 0.2) is 0 Å². The minimum atomic E-state index is 0.468. The summed E-state index contributed by atoms with van der Waals surface area (Å²) in [6, 6.07) is 0.468. The van der Waals surface area contributed by atoms with E-state index in [-0.39, 0.29) is 0 Å². The summed E-state index contributed by atoms with van der Waals surface area (Å²) in [4.78, 5) is 0. The van der Waals surface area contributed by atoms with Crippen LogP contribution in [0.1, 0.15) is 26.2 Å². The second kappa shape index (κ2) is 8.58. The van der Waals surface area contributed by atoms with Gasteiger partial charge in [0.1, 0.15) is 0 Å². The van der Waals surface area contributed by atoms with Gasteiger partial charge in [0.05, 0.1) is 0 Å². The fourth-order valence-electron chi connectivity index (χ4n) is 1.18. The van der Waals surface area contributed by atoms with Gasteiger partial charge in [0.2, 0.25) is 0 Å². The maximum atomic E-state index is 5.24. The molecule has 0 saturated heterocycles. The zero-order valence-electron chi connectivity index (χ0n) is 8.10. The van der Waals surface area contributed by atoms with Gasteiger partial charge >= 0.3 is 0 Å². The van der Waals surface area contributed by atoms with Crippen molar-refractivity contribution in [1.29, 1.82) is 0 Å². The van der Waals surface area contributed by atoms with E-state index in [0.29, 0.717) is 6.04 Å². The molecule has 2 heteroatoms. The SMILES string of the molecule is C#CCC(CCCOC)NCC. The summed E-state index contributed by atoms with van der Waals surface area (Å²) in [5, 5.41) is 3.34. The maximum Gasteiger partial charge on any atom is 0.0462 e. The fraction of sp³-hybridized carbons (Fsp3) is 0.800. The molecule has 0 saturated carbocycles. The highest BCUT2D eigenvalue weighted by Gasteiger charge is 2.03. The summed E-state index contributed by atoms with van der Waals surface area (Å²) in [5.41, 5.74) is 0. The quantitative estimate of drug-likeness (QED) is 0.459. The maximum absolute atomic E-state index is 5.24. The van der Waals surface area contributed by atoms with Gasteiger partial charge in [-0.1, -0.05) is 6.92 Å². The van der Waals surface area contributed by atoms with E-state index in [1.807, 2.05) is 0 Å². The van der Waals surface area contributed by atoms with Crippen LogP contribution in [0.5, 0.6) is 0 Å². The van der Waals surface area contributed by atoms with Crippen molar-refractivity contribution in [2.75, 3.05) is 20.3 Å². The molecule has 1 N–H and O–H groups in total. The number of methoxy groups -OCH3 is 1. The summed E-state index contributed by atoms with van der Waals surface area (Å²) in [6.45, 7) is 3.91. The van der Waals surface area contributed by atoms with Crippen LogP contribution in [0.2, 0.25) is 0 Å². The Bertz CT molecular complexity index is 128. The lowest BCUT2D eigenvalue weighted by Crippen LogP contribution is -2.28. The first kappa shape index (κ1) is 11.5. The van der Waals surface area contributed by atoms with Crippen LogP contribution in [0, 0.1) is 12.3 Å². The molecule has 2 nitrogen and oxygen atoms in total. The van der Waals surface area contributed by atoms with E-state index in [0.717, 1.165) is 32.4 Å². The minimum Gasteiger partial charge on any atom is -0.385 e. The van der Waals surface area contributed by atoms with Crippen LogP contribution in [-0.4, -0.2) is 26.3 Å². The molecular weight excluding hydrogens is 150 g/mol. The van der Waals surface area contributed by atoms with Gasteiger partial charge in [-0.25, -0.2) is 0 Å². The lowest BCUT2D eigenvalue weighted by molar-refractivity contribution is 0.189. The molecule has 0 aromatic carbocycles. The molecule has 1 atom stereocenters. The zero-order chi connectivity index (χ0) is 9.23. The van der Waals surface area contributed by atoms with Gasteiger partial charge in [-0.15, -0.1) is 12.3 Å². The van der Waals surface area contributed by atoms with Crippen molar-refractivity contribution < 1.29 is 4.74 Å². The fourth-order valence-corrected chi connectivity index (χ4v) is 1.18. The molecular formula is C10H19NO. The molecule has 0 heterocycles. The molecule has 0 aliphatic rings. The molecule has 0 spiro atoms. The Morgan fingerprint density at radius 3 is 2.83 bits per heavy atom. The Morgan fingerprint density at radius 2 is 2.33 bits per heavy atom. The molecule has 12 heavy (non-hydrogen) atoms. The van der Waals surface area contributed by atoms with E-state index in [9.17, 15) is 0 Å². The second-order valence-corrected chi connectivity index (χ2v) is 2.80. The molecule has 0 fully saturated rings. The molecule has 1 unspecified atom stereocenters. The van der Waals surface area contributed by atoms with Crippen LogP contribution in [0.25, 0.3) is 0 Å². The average Bonchev–Trinajstić information content (AvgIpc) is 2.06. The smallest absolute Gasteiger partial charge is 0.0462 e. The number of hydrogen-bond donors (Lipinski definition) is 1. The van der Waals surface area contributed by atoms with Gasteiger partial charge in [0, 0.05) is 26.2 Å². The molecule has 70 valence electrons. The highest BCUT2D eigenvalue weighted by Crippen LogP contribution is 2.00. The molecule has 0 bridgehead atoms. The third-order valence-electron chi connectivity index (χ3n) is 1.76. The lowest BCUT2D eigenvalue weighted by Gasteiger charge is -2.14. The third kappa shape index (κ3) is 6.21. The van der Waals surface area contributed by atoms with Crippen molar-refractivity contribution in [2.24, 2.45) is 0 Å². The highest BCUT2D eigenvalue weighted by molar-refractivity contribution is 4.89. The van der Waals surface area contributed by atoms with Gasteiger partial charge in [0.25, 0.3) is 0 Å². The van der Waals surface area contributed by atoms with Crippen LogP contribution in [0.3, 0.4) is 0 Å². The first-order valence-electron chi connectivity index (χ1n) is 4.50. The monoisotopic (exact) mass is 169 g/mol. The van der Waals surface area contributed by atoms with E-state index in [1.165, 1.54) is 0 Å². The summed E-state index contributed by atoms with van der Waals surface area (Å²) in [6.07, 6.45) is 8.24. The molecule has 0 radical (unpaired) electrons. The van der Waals surface area contributed by atoms with Crippen LogP contribution < -0.4 is 5.32 Å². The number of rotatable bonds is 7. The van der Waals surface area contributed by atoms with E-state index in [1.54, 1.807) is 7.11 Å². The van der Waals surface area contributed by atoms with E-state index in [4.69, 9.17) is 11.2 Å². The first-order valence-corrected chi connectivity index (χ1v) is 4.50. The number of ether oxygens (including phenoxy) is 1. The van der Waals surface area contributed by atoms with Crippen LogP contribution in [0.15, 0.2) is 0 Å². The topological polar surface area (TPSA) is 21.3 Å². The van der Waals surface area contributed by atoms with Crippen LogP contribution in [0.4, 0.5) is 0 Å². The summed E-state index contributed by atoms with van der Waals surface area (Å²) in [5.74, 6) is 2.68. The van der Waals surface area contributed by atoms with Gasteiger partial charge in [-0.2, -0.15) is 0 Å². The zero-order valence-corrected chi connectivity index (χ0v) is 8.10. The van der Waals surface area contributed by atoms with Crippen molar-refractivity contribution in [1.82, 2.24) is 5.32 Å². The van der Waals surface area contributed by atoms with Crippen molar-refractivity contribution in [3.8, 4) is 12.3 Å². The number of terminal acetylenes is 1. The van der Waals surface area contributed by atoms with Crippen molar-refractivity contribution in [3.63, 3.8) is 0 Å². The molecule has 0 amide bonds. The first-order chi connectivity index (χ1) is 5.85. The largest absolute Gasteiger partial charge is 0.385 e. The van der Waals surface area contributed by atoms with Gasteiger partial charge in [-0.3, -0.25) is 0 Å². The standard InChI is InChI=1S/C10H19NO/c1-4-7-10(11-5-2)8-6-9-12-3/h1,10-11H,5-9H2,2-3H3. The summed E-state index contributed by atoms with van der Waals surface area (Å²) >= 11 is 0. The Balaban J connectivity index is 3.42. The highest BCUT2D eigenvalue weighted by atomic mass is 16.5. The predicted octanol–water partition coefficient (Wildman–Crippen LogP) is 1.41. The van der Waals surface area contributed by atoms with E-state index >= 15 is 0 Å². The summed E-state index contributed by atoms with van der Waals surface area (Å²) in [7, 11) is 1.73. The van der Waals surface area contributed by atoms with Gasteiger partial charge < -0.3 is 10.1 Å². The van der Waals surface area contributed by atoms with Gasteiger partial charge in [-0.05, 0) is 19.4 Å². The Kier molecular flexibility index (Phi) is 8.20. The predicted molar refractivity (Wildman–Crippen MR) is 52.0 cm³/mol. The Morgan fingerprint density at radius 1 is 1.58 bits per heavy atom. The van der Waals surface area contributed by atoms with E-state index < -0.39 is 0 Å². The number of hydrogen-bond acceptors (Lipinski definition) is 2. The molecule has 0 aliphatic heterocycles. The van der Waals surface area contributed by atoms with Crippen molar-refractivity contribution in [3.05, 3.63) is 0 Å². The second-order valence-electron chi connectivity index (χ2n) is 2.80. The molecule has 0 aliphatic carbocycles. The number of nitrogens with one attached hydrogen (secondary N) is 1. The molecule has 0 aromatic heterocycles. The Labute approximate surface area is 75.7 Å². The van der Waals surface area contributed by atoms with Crippen LogP contribution in [-0.2, 0) is 4.74 Å². The molecule has 0 aromatic rings. The molecule has 0 rings (SSSR count).